The van der Waals surface area contributed by atoms with E-state index in [0.717, 1.165) is 27.8 Å². The fourth-order valence-electron chi connectivity index (χ4n) is 3.34. The molecule has 33 heavy (non-hydrogen) atoms. The summed E-state index contributed by atoms with van der Waals surface area (Å²) in [4.78, 5) is 12.5. The van der Waals surface area contributed by atoms with Gasteiger partial charge in [0, 0.05) is 6.54 Å². The number of carbonyl (C=O) groups excluding carboxylic acids is 1. The van der Waals surface area contributed by atoms with Crippen LogP contribution in [-0.4, -0.2) is 34.0 Å². The maximum atomic E-state index is 13.3. The summed E-state index contributed by atoms with van der Waals surface area (Å²) in [5.74, 6) is -0.140. The summed E-state index contributed by atoms with van der Waals surface area (Å²) in [6.45, 7) is 2.50. The van der Waals surface area contributed by atoms with Gasteiger partial charge in [-0.1, -0.05) is 36.4 Å². The van der Waals surface area contributed by atoms with E-state index in [1.807, 2.05) is 31.2 Å². The Balaban J connectivity index is 1.66. The number of nitrogens with zero attached hydrogens (tertiary/aromatic N) is 1. The van der Waals surface area contributed by atoms with Crippen LogP contribution in [-0.2, 0) is 21.2 Å². The molecule has 0 heterocycles. The standard InChI is InChI=1S/C25H27FN2O4S/c1-2-32-24-13-7-6-9-20(24)10-8-18-27-25(29)19-28(22-11-4-3-5-12-22)33(30,31)23-16-14-21(26)15-17-23/h3-7,9,11-17H,2,8,10,18-19H2,1H3,(H,27,29). The Bertz CT molecular complexity index is 1150. The second-order valence-corrected chi connectivity index (χ2v) is 9.16. The van der Waals surface area contributed by atoms with Gasteiger partial charge in [0.1, 0.15) is 18.1 Å². The number of hydrogen-bond donors (Lipinski definition) is 1. The molecule has 0 aliphatic carbocycles. The minimum atomic E-state index is -4.06. The summed E-state index contributed by atoms with van der Waals surface area (Å²) in [7, 11) is -4.06. The minimum absolute atomic E-state index is 0.0897. The Morgan fingerprint density at radius 1 is 0.970 bits per heavy atom. The van der Waals surface area contributed by atoms with Gasteiger partial charge in [0.2, 0.25) is 5.91 Å². The summed E-state index contributed by atoms with van der Waals surface area (Å²) < 4.78 is 46.3. The van der Waals surface area contributed by atoms with E-state index in [-0.39, 0.29) is 11.4 Å². The number of sulfonamides is 1. The SMILES string of the molecule is CCOc1ccccc1CCCNC(=O)CN(c1ccccc1)S(=O)(=O)c1ccc(F)cc1. The van der Waals surface area contributed by atoms with Gasteiger partial charge in [-0.2, -0.15) is 0 Å². The third kappa shape index (κ3) is 6.55. The molecule has 1 amide bonds. The first-order valence-electron chi connectivity index (χ1n) is 10.7. The molecule has 0 atom stereocenters. The number of para-hydroxylation sites is 2. The van der Waals surface area contributed by atoms with Crippen LogP contribution in [0.4, 0.5) is 10.1 Å². The van der Waals surface area contributed by atoms with E-state index in [1.165, 1.54) is 12.1 Å². The largest absolute Gasteiger partial charge is 0.494 e. The van der Waals surface area contributed by atoms with E-state index in [0.29, 0.717) is 31.7 Å². The topological polar surface area (TPSA) is 75.7 Å². The van der Waals surface area contributed by atoms with E-state index in [1.54, 1.807) is 30.3 Å². The molecule has 1 N–H and O–H groups in total. The van der Waals surface area contributed by atoms with Crippen molar-refractivity contribution in [2.75, 3.05) is 24.0 Å². The molecule has 174 valence electrons. The van der Waals surface area contributed by atoms with E-state index in [2.05, 4.69) is 5.32 Å². The molecular formula is C25H27FN2O4S. The van der Waals surface area contributed by atoms with E-state index in [9.17, 15) is 17.6 Å². The van der Waals surface area contributed by atoms with E-state index >= 15 is 0 Å². The Hall–Kier alpha value is -3.39. The van der Waals surface area contributed by atoms with Crippen LogP contribution in [0.3, 0.4) is 0 Å². The number of ether oxygens (including phenoxy) is 1. The van der Waals surface area contributed by atoms with Crippen LogP contribution in [0, 0.1) is 5.82 Å². The number of amides is 1. The zero-order valence-electron chi connectivity index (χ0n) is 18.4. The lowest BCUT2D eigenvalue weighted by atomic mass is 10.1. The predicted octanol–water partition coefficient (Wildman–Crippen LogP) is 4.17. The predicted molar refractivity (Wildman–Crippen MR) is 126 cm³/mol. The molecule has 0 aliphatic rings. The first-order chi connectivity index (χ1) is 15.9. The highest BCUT2D eigenvalue weighted by Crippen LogP contribution is 2.23. The number of benzene rings is 3. The molecule has 0 unspecified atom stereocenters. The third-order valence-electron chi connectivity index (χ3n) is 4.95. The van der Waals surface area contributed by atoms with Crippen molar-refractivity contribution >= 4 is 21.6 Å². The molecule has 0 bridgehead atoms. The van der Waals surface area contributed by atoms with Gasteiger partial charge in [-0.05, 0) is 67.8 Å². The van der Waals surface area contributed by atoms with Gasteiger partial charge in [-0.25, -0.2) is 12.8 Å². The molecule has 3 rings (SSSR count). The van der Waals surface area contributed by atoms with Crippen LogP contribution < -0.4 is 14.4 Å². The normalized spacial score (nSPS) is 11.1. The quantitative estimate of drug-likeness (QED) is 0.427. The van der Waals surface area contributed by atoms with Crippen LogP contribution in [0.2, 0.25) is 0 Å². The van der Waals surface area contributed by atoms with Gasteiger partial charge in [0.25, 0.3) is 10.0 Å². The fourth-order valence-corrected chi connectivity index (χ4v) is 4.76. The van der Waals surface area contributed by atoms with Gasteiger partial charge in [-0.15, -0.1) is 0 Å². The average Bonchev–Trinajstić information content (AvgIpc) is 2.82. The molecule has 3 aromatic rings. The average molecular weight is 471 g/mol. The lowest BCUT2D eigenvalue weighted by Crippen LogP contribution is -2.41. The summed E-state index contributed by atoms with van der Waals surface area (Å²) in [6, 6.07) is 20.6. The molecule has 0 fully saturated rings. The molecule has 0 saturated heterocycles. The van der Waals surface area contributed by atoms with Crippen molar-refractivity contribution in [1.29, 1.82) is 0 Å². The molecule has 3 aromatic carbocycles. The second-order valence-electron chi connectivity index (χ2n) is 7.30. The fraction of sp³-hybridized carbons (Fsp3) is 0.240. The summed E-state index contributed by atoms with van der Waals surface area (Å²) in [5, 5.41) is 2.79. The highest BCUT2D eigenvalue weighted by atomic mass is 32.2. The van der Waals surface area contributed by atoms with Crippen molar-refractivity contribution < 1.29 is 22.3 Å². The van der Waals surface area contributed by atoms with Crippen molar-refractivity contribution in [3.05, 3.63) is 90.2 Å². The van der Waals surface area contributed by atoms with Crippen LogP contribution in [0.15, 0.2) is 83.8 Å². The number of anilines is 1. The van der Waals surface area contributed by atoms with Crippen molar-refractivity contribution in [2.45, 2.75) is 24.7 Å². The van der Waals surface area contributed by atoms with E-state index in [4.69, 9.17) is 4.74 Å². The molecule has 8 heteroatoms. The van der Waals surface area contributed by atoms with Gasteiger partial charge < -0.3 is 10.1 Å². The van der Waals surface area contributed by atoms with Crippen LogP contribution in [0.1, 0.15) is 18.9 Å². The lowest BCUT2D eigenvalue weighted by molar-refractivity contribution is -0.119. The van der Waals surface area contributed by atoms with Gasteiger partial charge in [-0.3, -0.25) is 9.10 Å². The molecule has 6 nitrogen and oxygen atoms in total. The highest BCUT2D eigenvalue weighted by Gasteiger charge is 2.27. The maximum absolute atomic E-state index is 13.3. The Labute approximate surface area is 194 Å². The third-order valence-corrected chi connectivity index (χ3v) is 6.74. The van der Waals surface area contributed by atoms with Crippen molar-refractivity contribution in [3.8, 4) is 5.75 Å². The molecule has 0 aromatic heterocycles. The first-order valence-corrected chi connectivity index (χ1v) is 12.2. The summed E-state index contributed by atoms with van der Waals surface area (Å²) >= 11 is 0. The van der Waals surface area contributed by atoms with Crippen LogP contribution in [0.25, 0.3) is 0 Å². The van der Waals surface area contributed by atoms with Crippen molar-refractivity contribution in [2.24, 2.45) is 0 Å². The highest BCUT2D eigenvalue weighted by molar-refractivity contribution is 7.92. The Morgan fingerprint density at radius 2 is 1.64 bits per heavy atom. The summed E-state index contributed by atoms with van der Waals surface area (Å²) in [6.07, 6.45) is 1.39. The maximum Gasteiger partial charge on any atom is 0.264 e. The smallest absolute Gasteiger partial charge is 0.264 e. The second kappa shape index (κ2) is 11.5. The zero-order chi connectivity index (χ0) is 23.7. The summed E-state index contributed by atoms with van der Waals surface area (Å²) in [5.41, 5.74) is 1.40. The monoisotopic (exact) mass is 470 g/mol. The van der Waals surface area contributed by atoms with Crippen LogP contribution in [0.5, 0.6) is 5.75 Å². The molecule has 0 spiro atoms. The minimum Gasteiger partial charge on any atom is -0.494 e. The van der Waals surface area contributed by atoms with Crippen molar-refractivity contribution in [1.82, 2.24) is 5.32 Å². The van der Waals surface area contributed by atoms with Gasteiger partial charge in [0.05, 0.1) is 17.2 Å². The Kier molecular flexibility index (Phi) is 8.43. The number of nitrogens with one attached hydrogen (secondary N) is 1. The number of rotatable bonds is 11. The number of hydrogen-bond acceptors (Lipinski definition) is 4. The molecule has 0 saturated carbocycles. The number of halogens is 1. The van der Waals surface area contributed by atoms with Gasteiger partial charge >= 0.3 is 0 Å². The van der Waals surface area contributed by atoms with Crippen LogP contribution >= 0.6 is 0 Å². The lowest BCUT2D eigenvalue weighted by Gasteiger charge is -2.24. The zero-order valence-corrected chi connectivity index (χ0v) is 19.2. The number of aryl methyl sites for hydroxylation is 1. The molecule has 0 radical (unpaired) electrons. The van der Waals surface area contributed by atoms with Crippen molar-refractivity contribution in [3.63, 3.8) is 0 Å². The van der Waals surface area contributed by atoms with Gasteiger partial charge in [0.15, 0.2) is 0 Å². The van der Waals surface area contributed by atoms with E-state index < -0.39 is 21.7 Å². The molecular weight excluding hydrogens is 443 g/mol. The molecule has 0 aliphatic heterocycles. The Morgan fingerprint density at radius 3 is 2.33 bits per heavy atom. The first kappa shape index (κ1) is 24.3. The number of carbonyl (C=O) groups is 1.